The van der Waals surface area contributed by atoms with Crippen LogP contribution < -0.4 is 15.2 Å². The van der Waals surface area contributed by atoms with E-state index in [4.69, 9.17) is 31.3 Å². The predicted molar refractivity (Wildman–Crippen MR) is 67.4 cm³/mol. The number of aromatic hydroxyl groups is 1. The van der Waals surface area contributed by atoms with Gasteiger partial charge in [0, 0.05) is 6.07 Å². The van der Waals surface area contributed by atoms with Crippen LogP contribution in [0.25, 0.3) is 11.4 Å². The van der Waals surface area contributed by atoms with Crippen molar-refractivity contribution in [3.05, 3.63) is 17.0 Å². The fourth-order valence-electron chi connectivity index (χ4n) is 1.60. The zero-order valence-corrected chi connectivity index (χ0v) is 11.1. The molecule has 0 amide bonds. The molecular formula is C11H12ClN3O4. The number of nitrogens with two attached hydrogens (primary N) is 1. The van der Waals surface area contributed by atoms with Crippen LogP contribution in [-0.2, 0) is 6.54 Å². The van der Waals surface area contributed by atoms with Crippen LogP contribution in [0.4, 0.5) is 0 Å². The van der Waals surface area contributed by atoms with Crippen LogP contribution in [0.3, 0.4) is 0 Å². The number of methoxy groups -OCH3 is 2. The van der Waals surface area contributed by atoms with Gasteiger partial charge >= 0.3 is 0 Å². The lowest BCUT2D eigenvalue weighted by molar-refractivity contribution is 0.333. The molecule has 0 bridgehead atoms. The Labute approximate surface area is 113 Å². The average molecular weight is 286 g/mol. The summed E-state index contributed by atoms with van der Waals surface area (Å²) < 4.78 is 15.0. The molecule has 0 saturated heterocycles. The minimum atomic E-state index is -0.226. The summed E-state index contributed by atoms with van der Waals surface area (Å²) in [5, 5.41) is 14.1. The van der Waals surface area contributed by atoms with E-state index in [1.807, 2.05) is 0 Å². The van der Waals surface area contributed by atoms with Crippen LogP contribution in [0.15, 0.2) is 10.6 Å². The van der Waals surface area contributed by atoms with Gasteiger partial charge in [0.25, 0.3) is 0 Å². The van der Waals surface area contributed by atoms with Crippen LogP contribution in [0.2, 0.25) is 5.02 Å². The van der Waals surface area contributed by atoms with E-state index in [-0.39, 0.29) is 40.3 Å². The largest absolute Gasteiger partial charge is 0.504 e. The van der Waals surface area contributed by atoms with Gasteiger partial charge in [-0.05, 0) is 0 Å². The lowest BCUT2D eigenvalue weighted by Crippen LogP contribution is -1.96. The molecule has 3 N–H and O–H groups in total. The molecule has 0 spiro atoms. The molecular weight excluding hydrogens is 274 g/mol. The van der Waals surface area contributed by atoms with E-state index in [0.29, 0.717) is 5.75 Å². The number of nitrogens with zero attached hydrogens (tertiary/aromatic N) is 2. The van der Waals surface area contributed by atoms with Crippen molar-refractivity contribution in [2.24, 2.45) is 5.73 Å². The first kappa shape index (κ1) is 13.4. The first-order valence-corrected chi connectivity index (χ1v) is 5.66. The Bertz CT molecular complexity index is 600. The Balaban J connectivity index is 2.63. The van der Waals surface area contributed by atoms with Gasteiger partial charge in [-0.15, -0.1) is 0 Å². The molecule has 7 nitrogen and oxygen atoms in total. The Morgan fingerprint density at radius 3 is 2.68 bits per heavy atom. The molecule has 1 aromatic carbocycles. The Kier molecular flexibility index (Phi) is 3.77. The Morgan fingerprint density at radius 1 is 1.42 bits per heavy atom. The molecule has 102 valence electrons. The van der Waals surface area contributed by atoms with Crippen molar-refractivity contribution in [1.82, 2.24) is 10.1 Å². The molecule has 2 aromatic rings. The van der Waals surface area contributed by atoms with Gasteiger partial charge in [0.2, 0.25) is 17.5 Å². The highest BCUT2D eigenvalue weighted by molar-refractivity contribution is 6.33. The molecule has 0 unspecified atom stereocenters. The molecule has 0 radical (unpaired) electrons. The molecule has 8 heteroatoms. The van der Waals surface area contributed by atoms with Crippen LogP contribution in [0, 0.1) is 0 Å². The van der Waals surface area contributed by atoms with Gasteiger partial charge < -0.3 is 24.8 Å². The maximum Gasteiger partial charge on any atom is 0.240 e. The lowest BCUT2D eigenvalue weighted by Gasteiger charge is -2.12. The van der Waals surface area contributed by atoms with E-state index in [2.05, 4.69) is 10.1 Å². The highest BCUT2D eigenvalue weighted by Crippen LogP contribution is 2.46. The molecule has 1 aromatic heterocycles. The number of aromatic nitrogens is 2. The van der Waals surface area contributed by atoms with Crippen molar-refractivity contribution >= 4 is 11.6 Å². The first-order chi connectivity index (χ1) is 9.12. The quantitative estimate of drug-likeness (QED) is 0.878. The molecule has 0 aliphatic heterocycles. The fraction of sp³-hybridized carbons (Fsp3) is 0.273. The number of ether oxygens (including phenoxy) is 2. The monoisotopic (exact) mass is 285 g/mol. The summed E-state index contributed by atoms with van der Waals surface area (Å²) in [6.07, 6.45) is 0. The van der Waals surface area contributed by atoms with Crippen molar-refractivity contribution in [3.8, 4) is 28.6 Å². The number of halogens is 1. The average Bonchev–Trinajstić information content (AvgIpc) is 2.86. The zero-order chi connectivity index (χ0) is 14.0. The molecule has 0 fully saturated rings. The highest BCUT2D eigenvalue weighted by atomic mass is 35.5. The maximum absolute atomic E-state index is 10.2. The smallest absolute Gasteiger partial charge is 0.240 e. The number of phenols is 1. The predicted octanol–water partition coefficient (Wildman–Crippen LogP) is 1.57. The van der Waals surface area contributed by atoms with Crippen LogP contribution in [0.1, 0.15) is 5.89 Å². The normalized spacial score (nSPS) is 10.5. The van der Waals surface area contributed by atoms with Crippen molar-refractivity contribution in [1.29, 1.82) is 0 Å². The Hall–Kier alpha value is -1.99. The van der Waals surface area contributed by atoms with E-state index in [0.717, 1.165) is 0 Å². The molecule has 19 heavy (non-hydrogen) atoms. The second-order valence-electron chi connectivity index (χ2n) is 3.53. The topological polar surface area (TPSA) is 104 Å². The summed E-state index contributed by atoms with van der Waals surface area (Å²) >= 11 is 6.08. The molecule has 0 aliphatic rings. The number of phenolic OH excluding ortho intramolecular Hbond substituents is 1. The van der Waals surface area contributed by atoms with E-state index >= 15 is 0 Å². The molecule has 0 atom stereocenters. The molecule has 0 aliphatic carbocycles. The van der Waals surface area contributed by atoms with Crippen LogP contribution >= 0.6 is 11.6 Å². The summed E-state index contributed by atoms with van der Waals surface area (Å²) in [7, 11) is 2.84. The summed E-state index contributed by atoms with van der Waals surface area (Å²) in [5.41, 5.74) is 5.58. The van der Waals surface area contributed by atoms with Crippen molar-refractivity contribution < 1.29 is 19.1 Å². The maximum atomic E-state index is 10.2. The number of hydrogen-bond donors (Lipinski definition) is 2. The summed E-state index contributed by atoms with van der Waals surface area (Å²) in [6, 6.07) is 1.49. The van der Waals surface area contributed by atoms with Gasteiger partial charge in [-0.25, -0.2) is 0 Å². The Morgan fingerprint density at radius 2 is 2.16 bits per heavy atom. The van der Waals surface area contributed by atoms with Crippen molar-refractivity contribution in [2.75, 3.05) is 14.2 Å². The van der Waals surface area contributed by atoms with E-state index in [9.17, 15) is 5.11 Å². The van der Waals surface area contributed by atoms with Crippen molar-refractivity contribution in [2.45, 2.75) is 6.54 Å². The standard InChI is InChI=1S/C11H12ClN3O4/c1-17-6-3-5(12)8(9(16)10(6)18-2)11-14-7(4-13)19-15-11/h3,16H,4,13H2,1-2H3. The minimum Gasteiger partial charge on any atom is -0.504 e. The molecule has 2 rings (SSSR count). The van der Waals surface area contributed by atoms with E-state index in [1.54, 1.807) is 0 Å². The third-order valence-electron chi connectivity index (χ3n) is 2.46. The van der Waals surface area contributed by atoms with Gasteiger partial charge in [0.05, 0.1) is 31.4 Å². The highest BCUT2D eigenvalue weighted by Gasteiger charge is 2.23. The summed E-state index contributed by atoms with van der Waals surface area (Å²) in [6.45, 7) is 0.0959. The minimum absolute atomic E-state index is 0.0959. The van der Waals surface area contributed by atoms with Crippen LogP contribution in [-0.4, -0.2) is 29.5 Å². The molecule has 0 saturated carbocycles. The third-order valence-corrected chi connectivity index (χ3v) is 2.76. The van der Waals surface area contributed by atoms with Crippen molar-refractivity contribution in [3.63, 3.8) is 0 Å². The summed E-state index contributed by atoms with van der Waals surface area (Å²) in [5.74, 6) is 0.581. The van der Waals surface area contributed by atoms with Gasteiger partial charge in [0.1, 0.15) is 0 Å². The lowest BCUT2D eigenvalue weighted by atomic mass is 10.1. The number of rotatable bonds is 4. The van der Waals surface area contributed by atoms with E-state index < -0.39 is 0 Å². The van der Waals surface area contributed by atoms with Gasteiger partial charge in [-0.2, -0.15) is 4.98 Å². The first-order valence-electron chi connectivity index (χ1n) is 5.28. The second kappa shape index (κ2) is 5.33. The fourth-order valence-corrected chi connectivity index (χ4v) is 1.87. The zero-order valence-electron chi connectivity index (χ0n) is 10.3. The second-order valence-corrected chi connectivity index (χ2v) is 3.94. The van der Waals surface area contributed by atoms with Gasteiger partial charge in [-0.3, -0.25) is 0 Å². The molecule has 1 heterocycles. The van der Waals surface area contributed by atoms with Gasteiger partial charge in [-0.1, -0.05) is 16.8 Å². The number of hydrogen-bond acceptors (Lipinski definition) is 7. The van der Waals surface area contributed by atoms with Crippen LogP contribution in [0.5, 0.6) is 17.2 Å². The SMILES string of the molecule is COc1cc(Cl)c(-c2noc(CN)n2)c(O)c1OC. The third kappa shape index (κ3) is 2.29. The van der Waals surface area contributed by atoms with E-state index in [1.165, 1.54) is 20.3 Å². The number of benzene rings is 1. The summed E-state index contributed by atoms with van der Waals surface area (Å²) in [4.78, 5) is 4.01. The van der Waals surface area contributed by atoms with Gasteiger partial charge in [0.15, 0.2) is 11.5 Å².